The van der Waals surface area contributed by atoms with Crippen molar-refractivity contribution in [1.82, 2.24) is 24.5 Å². The molecule has 0 spiro atoms. The summed E-state index contributed by atoms with van der Waals surface area (Å²) >= 11 is 0. The zero-order chi connectivity index (χ0) is 32.3. The Morgan fingerprint density at radius 3 is 2.42 bits per heavy atom. The highest BCUT2D eigenvalue weighted by atomic mass is 16.5. The predicted molar refractivity (Wildman–Crippen MR) is 175 cm³/mol. The van der Waals surface area contributed by atoms with Crippen molar-refractivity contribution in [3.05, 3.63) is 64.8 Å². The van der Waals surface area contributed by atoms with Gasteiger partial charge in [-0.15, -0.1) is 0 Å². The van der Waals surface area contributed by atoms with Crippen molar-refractivity contribution in [2.75, 3.05) is 64.1 Å². The van der Waals surface area contributed by atoms with Crippen LogP contribution in [0.2, 0.25) is 0 Å². The van der Waals surface area contributed by atoms with Crippen molar-refractivity contribution in [1.29, 1.82) is 0 Å². The summed E-state index contributed by atoms with van der Waals surface area (Å²) in [7, 11) is 3.39. The van der Waals surface area contributed by atoms with E-state index in [1.54, 1.807) is 23.7 Å². The maximum Gasteiger partial charge on any atom is 0.324 e. The third-order valence-electron chi connectivity index (χ3n) is 8.38. The Balaban J connectivity index is 1.20. The number of carbonyl (C=O) groups excluding carboxylic acids is 3. The Labute approximate surface area is 265 Å². The second kappa shape index (κ2) is 13.3. The van der Waals surface area contributed by atoms with E-state index >= 15 is 0 Å². The zero-order valence-corrected chi connectivity index (χ0v) is 27.3. The lowest BCUT2D eigenvalue weighted by atomic mass is 9.92. The molecule has 0 bridgehead atoms. The first kappa shape index (κ1) is 32.0. The third-order valence-corrected chi connectivity index (χ3v) is 8.38. The van der Waals surface area contributed by atoms with Crippen LogP contribution in [0.4, 0.5) is 16.3 Å². The number of aromatic nitrogens is 2. The monoisotopic (exact) mass is 615 g/mol. The van der Waals surface area contributed by atoms with E-state index in [1.165, 1.54) is 4.90 Å². The fraction of sp³-hybridized carbons (Fsp3) is 0.471. The molecule has 1 saturated heterocycles. The summed E-state index contributed by atoms with van der Waals surface area (Å²) in [6, 6.07) is 13.5. The van der Waals surface area contributed by atoms with Crippen LogP contribution >= 0.6 is 0 Å². The smallest absolute Gasteiger partial charge is 0.324 e. The van der Waals surface area contributed by atoms with Gasteiger partial charge in [0, 0.05) is 50.9 Å². The standard InChI is InChI=1S/C34H45N7O4/c1-23-10-12-24(13-11-23)41-30(20-29(37-41)34(2,3)4)36-33(44)35-27-14-15-28(26-9-7-8-25(26)27)45-19-18-39-16-17-40(32(43)21-39)22-31(42)38(5)6/h10-15,20H,7-9,16-19,21-22H2,1-6H3,(H2,35,36,44). The molecule has 0 radical (unpaired) electrons. The lowest BCUT2D eigenvalue weighted by Gasteiger charge is -2.34. The van der Waals surface area contributed by atoms with Gasteiger partial charge in [-0.3, -0.25) is 19.8 Å². The number of likely N-dealkylation sites (N-methyl/N-ethyl adjacent to an activating group) is 1. The zero-order valence-electron chi connectivity index (χ0n) is 27.3. The number of amides is 4. The highest BCUT2D eigenvalue weighted by Crippen LogP contribution is 2.36. The molecule has 1 aromatic heterocycles. The minimum Gasteiger partial charge on any atom is -0.492 e. The topological polar surface area (TPSA) is 112 Å². The van der Waals surface area contributed by atoms with Gasteiger partial charge in [-0.2, -0.15) is 5.10 Å². The number of hydrogen-bond donors (Lipinski definition) is 2. The van der Waals surface area contributed by atoms with Crippen LogP contribution in [-0.4, -0.2) is 95.8 Å². The number of ether oxygens (including phenoxy) is 1. The SMILES string of the molecule is Cc1ccc(-n2nc(C(C)(C)C)cc2NC(=O)Nc2ccc(OCCN3CCN(CC(=O)N(C)C)C(=O)C3)c3c2CCC3)cc1. The maximum absolute atomic E-state index is 13.3. The Kier molecular flexibility index (Phi) is 9.48. The number of hydrogen-bond acceptors (Lipinski definition) is 6. The van der Waals surface area contributed by atoms with Crippen LogP contribution < -0.4 is 15.4 Å². The molecule has 2 heterocycles. The van der Waals surface area contributed by atoms with E-state index in [1.807, 2.05) is 49.4 Å². The number of fused-ring (bicyclic) bond motifs is 1. The van der Waals surface area contributed by atoms with Gasteiger partial charge in [0.1, 0.15) is 18.2 Å². The molecule has 1 fully saturated rings. The number of piperazine rings is 1. The number of nitrogens with one attached hydrogen (secondary N) is 2. The average molecular weight is 616 g/mol. The van der Waals surface area contributed by atoms with Crippen LogP contribution in [0.3, 0.4) is 0 Å². The molecule has 2 aromatic carbocycles. The summed E-state index contributed by atoms with van der Waals surface area (Å²) in [5.41, 5.74) is 5.72. The van der Waals surface area contributed by atoms with Gasteiger partial charge in [-0.05, 0) is 61.6 Å². The number of urea groups is 1. The van der Waals surface area contributed by atoms with E-state index in [4.69, 9.17) is 9.84 Å². The fourth-order valence-corrected chi connectivity index (χ4v) is 5.62. The highest BCUT2D eigenvalue weighted by molar-refractivity contribution is 6.00. The van der Waals surface area contributed by atoms with Gasteiger partial charge in [0.2, 0.25) is 11.8 Å². The quantitative estimate of drug-likeness (QED) is 0.373. The molecule has 240 valence electrons. The molecule has 11 nitrogen and oxygen atoms in total. The molecule has 2 N–H and O–H groups in total. The molecule has 1 aliphatic heterocycles. The summed E-state index contributed by atoms with van der Waals surface area (Å²) in [5, 5.41) is 10.9. The van der Waals surface area contributed by atoms with Gasteiger partial charge in [-0.1, -0.05) is 38.5 Å². The summed E-state index contributed by atoms with van der Waals surface area (Å²) in [6.07, 6.45) is 2.73. The van der Waals surface area contributed by atoms with E-state index in [9.17, 15) is 14.4 Å². The maximum atomic E-state index is 13.3. The summed E-state index contributed by atoms with van der Waals surface area (Å²) in [5.74, 6) is 1.30. The molecule has 2 aliphatic rings. The second-order valence-electron chi connectivity index (χ2n) is 13.1. The first-order chi connectivity index (χ1) is 21.4. The van der Waals surface area contributed by atoms with Crippen LogP contribution in [0, 0.1) is 6.92 Å². The Morgan fingerprint density at radius 1 is 1.00 bits per heavy atom. The number of carbonyl (C=O) groups is 3. The number of anilines is 2. The molecule has 4 amide bonds. The third kappa shape index (κ3) is 7.65. The molecule has 5 rings (SSSR count). The van der Waals surface area contributed by atoms with Crippen LogP contribution in [-0.2, 0) is 27.8 Å². The summed E-state index contributed by atoms with van der Waals surface area (Å²) < 4.78 is 7.98. The van der Waals surface area contributed by atoms with Crippen molar-refractivity contribution in [3.8, 4) is 11.4 Å². The van der Waals surface area contributed by atoms with Crippen molar-refractivity contribution < 1.29 is 19.1 Å². The number of aryl methyl sites for hydroxylation is 1. The molecule has 0 atom stereocenters. The minimum absolute atomic E-state index is 0.0393. The molecule has 3 aromatic rings. The summed E-state index contributed by atoms with van der Waals surface area (Å²) in [6.45, 7) is 11.0. The second-order valence-corrected chi connectivity index (χ2v) is 13.1. The van der Waals surface area contributed by atoms with Crippen molar-refractivity contribution in [3.63, 3.8) is 0 Å². The molecule has 0 saturated carbocycles. The first-order valence-corrected chi connectivity index (χ1v) is 15.6. The van der Waals surface area contributed by atoms with E-state index in [0.29, 0.717) is 32.1 Å². The van der Waals surface area contributed by atoms with Crippen LogP contribution in [0.5, 0.6) is 5.75 Å². The predicted octanol–water partition coefficient (Wildman–Crippen LogP) is 4.22. The number of benzene rings is 2. The lowest BCUT2D eigenvalue weighted by molar-refractivity contribution is -0.142. The molecule has 45 heavy (non-hydrogen) atoms. The lowest BCUT2D eigenvalue weighted by Crippen LogP contribution is -2.53. The largest absolute Gasteiger partial charge is 0.492 e. The first-order valence-electron chi connectivity index (χ1n) is 15.6. The van der Waals surface area contributed by atoms with Crippen molar-refractivity contribution in [2.24, 2.45) is 0 Å². The fourth-order valence-electron chi connectivity index (χ4n) is 5.62. The van der Waals surface area contributed by atoms with Crippen LogP contribution in [0.1, 0.15) is 49.6 Å². The molecular formula is C34H45N7O4. The van der Waals surface area contributed by atoms with E-state index in [0.717, 1.165) is 58.8 Å². The van der Waals surface area contributed by atoms with E-state index in [2.05, 4.69) is 36.3 Å². The van der Waals surface area contributed by atoms with Crippen molar-refractivity contribution in [2.45, 2.75) is 52.4 Å². The average Bonchev–Trinajstić information content (AvgIpc) is 3.64. The normalized spacial score (nSPS) is 15.2. The van der Waals surface area contributed by atoms with E-state index in [-0.39, 0.29) is 36.3 Å². The highest BCUT2D eigenvalue weighted by Gasteiger charge is 2.27. The molecule has 0 unspecified atom stereocenters. The van der Waals surface area contributed by atoms with Gasteiger partial charge >= 0.3 is 6.03 Å². The van der Waals surface area contributed by atoms with Gasteiger partial charge in [0.25, 0.3) is 0 Å². The van der Waals surface area contributed by atoms with Crippen LogP contribution in [0.25, 0.3) is 5.69 Å². The van der Waals surface area contributed by atoms with Gasteiger partial charge in [0.05, 0.1) is 24.5 Å². The van der Waals surface area contributed by atoms with Crippen LogP contribution in [0.15, 0.2) is 42.5 Å². The molecule has 11 heteroatoms. The van der Waals surface area contributed by atoms with Gasteiger partial charge in [-0.25, -0.2) is 9.48 Å². The van der Waals surface area contributed by atoms with Gasteiger partial charge < -0.3 is 19.9 Å². The van der Waals surface area contributed by atoms with E-state index < -0.39 is 0 Å². The molecular weight excluding hydrogens is 570 g/mol. The molecule has 1 aliphatic carbocycles. The Morgan fingerprint density at radius 2 is 1.73 bits per heavy atom. The minimum atomic E-state index is -0.331. The Hall–Kier alpha value is -4.38. The van der Waals surface area contributed by atoms with Crippen molar-refractivity contribution >= 4 is 29.4 Å². The summed E-state index contributed by atoms with van der Waals surface area (Å²) in [4.78, 5) is 43.1. The number of rotatable bonds is 9. The number of nitrogens with zero attached hydrogens (tertiary/aromatic N) is 5. The van der Waals surface area contributed by atoms with Gasteiger partial charge in [0.15, 0.2) is 0 Å². The Bertz CT molecular complexity index is 1560.